The third kappa shape index (κ3) is 1.91. The Balaban J connectivity index is 2.98. The summed E-state index contributed by atoms with van der Waals surface area (Å²) in [4.78, 5) is 0.500. The lowest BCUT2D eigenvalue weighted by Gasteiger charge is -2.04. The summed E-state index contributed by atoms with van der Waals surface area (Å²) in [6.07, 6.45) is 1.02. The van der Waals surface area contributed by atoms with Crippen molar-refractivity contribution in [2.24, 2.45) is 0 Å². The minimum absolute atomic E-state index is 0.429. The second-order valence-electron chi connectivity index (χ2n) is 2.75. The van der Waals surface area contributed by atoms with Gasteiger partial charge in [0.1, 0.15) is 21.6 Å². The van der Waals surface area contributed by atoms with Crippen LogP contribution in [0.25, 0.3) is 0 Å². The highest BCUT2D eigenvalue weighted by molar-refractivity contribution is 7.17. The van der Waals surface area contributed by atoms with E-state index in [1.807, 2.05) is 6.07 Å². The van der Waals surface area contributed by atoms with Gasteiger partial charge in [0.15, 0.2) is 5.75 Å². The molecule has 0 fully saturated rings. The summed E-state index contributed by atoms with van der Waals surface area (Å²) in [5, 5.41) is 12.8. The summed E-state index contributed by atoms with van der Waals surface area (Å²) in [6.45, 7) is 2.92. The number of thiophene rings is 1. The number of rotatable bonds is 4. The Kier molecular flexibility index (Phi) is 3.60. The third-order valence-electron chi connectivity index (χ3n) is 1.74. The Morgan fingerprint density at radius 2 is 2.36 bits per heavy atom. The highest BCUT2D eigenvalue weighted by Crippen LogP contribution is 2.41. The molecule has 0 saturated heterocycles. The van der Waals surface area contributed by atoms with Crippen LogP contribution in [0.3, 0.4) is 0 Å². The van der Waals surface area contributed by atoms with Crippen molar-refractivity contribution >= 4 is 22.0 Å². The van der Waals surface area contributed by atoms with Gasteiger partial charge in [0, 0.05) is 6.54 Å². The highest BCUT2D eigenvalue weighted by Gasteiger charge is 2.15. The molecule has 3 N–H and O–H groups in total. The maximum absolute atomic E-state index is 8.77. The van der Waals surface area contributed by atoms with E-state index in [0.29, 0.717) is 16.3 Å². The maximum Gasteiger partial charge on any atom is 0.177 e. The zero-order valence-corrected chi connectivity index (χ0v) is 9.07. The molecule has 0 unspecified atom stereocenters. The minimum Gasteiger partial charge on any atom is -0.492 e. The van der Waals surface area contributed by atoms with Gasteiger partial charge in [-0.25, -0.2) is 0 Å². The molecule has 0 aliphatic heterocycles. The van der Waals surface area contributed by atoms with Crippen molar-refractivity contribution in [1.29, 1.82) is 5.26 Å². The number of hydrogen-bond acceptors (Lipinski definition) is 5. The van der Waals surface area contributed by atoms with E-state index in [4.69, 9.17) is 15.7 Å². The quantitative estimate of drug-likeness (QED) is 0.799. The Hall–Kier alpha value is -1.41. The number of anilines is 2. The van der Waals surface area contributed by atoms with Crippen molar-refractivity contribution in [1.82, 2.24) is 0 Å². The molecule has 0 radical (unpaired) electrons. The largest absolute Gasteiger partial charge is 0.492 e. The Morgan fingerprint density at radius 3 is 2.86 bits per heavy atom. The van der Waals surface area contributed by atoms with Gasteiger partial charge >= 0.3 is 0 Å². The maximum atomic E-state index is 8.77. The molecule has 1 aromatic heterocycles. The number of nitrogens with zero attached hydrogens (tertiary/aromatic N) is 1. The fourth-order valence-corrected chi connectivity index (χ4v) is 1.98. The smallest absolute Gasteiger partial charge is 0.177 e. The van der Waals surface area contributed by atoms with Crippen LogP contribution in [0.2, 0.25) is 0 Å². The highest BCUT2D eigenvalue weighted by atomic mass is 32.1. The van der Waals surface area contributed by atoms with Crippen LogP contribution in [-0.2, 0) is 0 Å². The van der Waals surface area contributed by atoms with E-state index in [1.165, 1.54) is 11.3 Å². The molecule has 0 aliphatic rings. The predicted molar refractivity (Wildman–Crippen MR) is 58.8 cm³/mol. The van der Waals surface area contributed by atoms with Crippen LogP contribution in [0.5, 0.6) is 5.75 Å². The molecule has 0 bridgehead atoms. The lowest BCUT2D eigenvalue weighted by molar-refractivity contribution is 0.420. The summed E-state index contributed by atoms with van der Waals surface area (Å²) in [7, 11) is 1.55. The number of nitriles is 1. The molecular weight excluding hydrogens is 198 g/mol. The normalized spacial score (nSPS) is 9.50. The summed E-state index contributed by atoms with van der Waals surface area (Å²) < 4.78 is 5.13. The molecule has 5 heteroatoms. The van der Waals surface area contributed by atoms with Gasteiger partial charge in [-0.15, -0.1) is 11.3 Å². The first-order valence-electron chi connectivity index (χ1n) is 4.34. The van der Waals surface area contributed by atoms with Crippen molar-refractivity contribution in [3.8, 4) is 11.8 Å². The Bertz CT molecular complexity index is 354. The van der Waals surface area contributed by atoms with Gasteiger partial charge in [-0.3, -0.25) is 0 Å². The average Bonchev–Trinajstić information content (AvgIpc) is 2.51. The topological polar surface area (TPSA) is 71.1 Å². The first-order chi connectivity index (χ1) is 6.74. The van der Waals surface area contributed by atoms with Crippen LogP contribution >= 0.6 is 11.3 Å². The van der Waals surface area contributed by atoms with E-state index < -0.39 is 0 Å². The van der Waals surface area contributed by atoms with Crippen LogP contribution in [0.15, 0.2) is 0 Å². The lowest BCUT2D eigenvalue weighted by atomic mass is 10.4. The van der Waals surface area contributed by atoms with Crippen molar-refractivity contribution < 1.29 is 4.74 Å². The van der Waals surface area contributed by atoms with E-state index in [0.717, 1.165) is 18.0 Å². The van der Waals surface area contributed by atoms with Crippen molar-refractivity contribution in [3.05, 3.63) is 4.88 Å². The van der Waals surface area contributed by atoms with E-state index in [-0.39, 0.29) is 0 Å². The van der Waals surface area contributed by atoms with Gasteiger partial charge in [-0.05, 0) is 6.42 Å². The third-order valence-corrected chi connectivity index (χ3v) is 2.79. The zero-order chi connectivity index (χ0) is 10.6. The average molecular weight is 211 g/mol. The number of ether oxygens (including phenoxy) is 1. The summed E-state index contributed by atoms with van der Waals surface area (Å²) in [5.74, 6) is 0.583. The van der Waals surface area contributed by atoms with Crippen LogP contribution in [0, 0.1) is 11.3 Å². The van der Waals surface area contributed by atoms with E-state index >= 15 is 0 Å². The van der Waals surface area contributed by atoms with Gasteiger partial charge in [0.05, 0.1) is 7.11 Å². The van der Waals surface area contributed by atoms with Gasteiger partial charge in [-0.1, -0.05) is 6.92 Å². The molecule has 0 aromatic carbocycles. The predicted octanol–water partition coefficient (Wildman–Crippen LogP) is 2.03. The molecule has 0 amide bonds. The summed E-state index contributed by atoms with van der Waals surface area (Å²) in [5.41, 5.74) is 6.15. The molecule has 1 aromatic rings. The summed E-state index contributed by atoms with van der Waals surface area (Å²) >= 11 is 1.33. The number of nitrogens with two attached hydrogens (primary N) is 1. The molecule has 76 valence electrons. The molecule has 1 rings (SSSR count). The number of methoxy groups -OCH3 is 1. The summed E-state index contributed by atoms with van der Waals surface area (Å²) in [6, 6.07) is 2.04. The van der Waals surface area contributed by atoms with Gasteiger partial charge in [0.2, 0.25) is 0 Å². The molecule has 4 nitrogen and oxygen atoms in total. The van der Waals surface area contributed by atoms with Gasteiger partial charge < -0.3 is 15.8 Å². The molecule has 0 saturated carbocycles. The SMILES string of the molecule is CCCNc1sc(C#N)c(N)c1OC. The number of nitrogen functional groups attached to an aromatic ring is 1. The molecular formula is C9H13N3OS. The molecule has 0 atom stereocenters. The Morgan fingerprint density at radius 1 is 1.64 bits per heavy atom. The monoisotopic (exact) mass is 211 g/mol. The first kappa shape index (κ1) is 10.7. The van der Waals surface area contributed by atoms with E-state index in [9.17, 15) is 0 Å². The van der Waals surface area contributed by atoms with Crippen LogP contribution < -0.4 is 15.8 Å². The van der Waals surface area contributed by atoms with Crippen molar-refractivity contribution in [2.45, 2.75) is 13.3 Å². The second-order valence-corrected chi connectivity index (χ2v) is 3.77. The standard InChI is InChI=1S/C9H13N3OS/c1-3-4-12-9-8(13-2)7(11)6(5-10)14-9/h12H,3-4,11H2,1-2H3. The second kappa shape index (κ2) is 4.72. The van der Waals surface area contributed by atoms with E-state index in [2.05, 4.69) is 12.2 Å². The first-order valence-corrected chi connectivity index (χ1v) is 5.16. The zero-order valence-electron chi connectivity index (χ0n) is 8.26. The lowest BCUT2D eigenvalue weighted by Crippen LogP contribution is -1.99. The minimum atomic E-state index is 0.429. The fraction of sp³-hybridized carbons (Fsp3) is 0.444. The van der Waals surface area contributed by atoms with Crippen LogP contribution in [0.1, 0.15) is 18.2 Å². The van der Waals surface area contributed by atoms with Crippen molar-refractivity contribution in [3.63, 3.8) is 0 Å². The number of hydrogen-bond donors (Lipinski definition) is 2. The van der Waals surface area contributed by atoms with Gasteiger partial charge in [0.25, 0.3) is 0 Å². The van der Waals surface area contributed by atoms with Crippen molar-refractivity contribution in [2.75, 3.05) is 24.7 Å². The van der Waals surface area contributed by atoms with Crippen LogP contribution in [-0.4, -0.2) is 13.7 Å². The molecule has 14 heavy (non-hydrogen) atoms. The fourth-order valence-electron chi connectivity index (χ4n) is 1.07. The molecule has 1 heterocycles. The molecule has 0 spiro atoms. The molecule has 0 aliphatic carbocycles. The Labute approximate surface area is 87.3 Å². The van der Waals surface area contributed by atoms with Crippen LogP contribution in [0.4, 0.5) is 10.7 Å². The van der Waals surface area contributed by atoms with E-state index in [1.54, 1.807) is 7.11 Å². The van der Waals surface area contributed by atoms with Gasteiger partial charge in [-0.2, -0.15) is 5.26 Å². The number of nitrogens with one attached hydrogen (secondary N) is 1.